The molecule has 0 amide bonds. The van der Waals surface area contributed by atoms with E-state index < -0.39 is 0 Å². The molecule has 0 saturated carbocycles. The standard InChI is InChI=1S/C13H8ClIN2/c14-10-5-3-9(4-6-10)12-8-17-7-1-2-11(15)13(17)16-12/h1-8H. The van der Waals surface area contributed by atoms with Gasteiger partial charge in [0, 0.05) is 23.0 Å². The summed E-state index contributed by atoms with van der Waals surface area (Å²) in [4.78, 5) is 4.62. The smallest absolute Gasteiger partial charge is 0.150 e. The van der Waals surface area contributed by atoms with Crippen LogP contribution in [-0.4, -0.2) is 9.38 Å². The maximum absolute atomic E-state index is 5.88. The molecule has 0 aliphatic heterocycles. The van der Waals surface area contributed by atoms with E-state index in [0.717, 1.165) is 25.5 Å². The molecule has 0 fully saturated rings. The number of imidazole rings is 1. The normalized spacial score (nSPS) is 10.9. The highest BCUT2D eigenvalue weighted by Gasteiger charge is 2.06. The van der Waals surface area contributed by atoms with Crippen molar-refractivity contribution in [3.05, 3.63) is 57.4 Å². The topological polar surface area (TPSA) is 17.3 Å². The van der Waals surface area contributed by atoms with Gasteiger partial charge in [-0.25, -0.2) is 4.98 Å². The molecular weight excluding hydrogens is 347 g/mol. The maximum Gasteiger partial charge on any atom is 0.150 e. The lowest BCUT2D eigenvalue weighted by molar-refractivity contribution is 1.18. The Morgan fingerprint density at radius 1 is 1.12 bits per heavy atom. The third kappa shape index (κ3) is 2.05. The van der Waals surface area contributed by atoms with E-state index in [9.17, 15) is 0 Å². The van der Waals surface area contributed by atoms with Gasteiger partial charge in [-0.05, 0) is 46.9 Å². The molecule has 2 heterocycles. The third-order valence-corrected chi connectivity index (χ3v) is 3.67. The summed E-state index contributed by atoms with van der Waals surface area (Å²) >= 11 is 8.17. The third-order valence-electron chi connectivity index (χ3n) is 2.58. The van der Waals surface area contributed by atoms with Crippen molar-refractivity contribution in [3.8, 4) is 11.3 Å². The molecule has 2 aromatic heterocycles. The molecule has 0 atom stereocenters. The predicted octanol–water partition coefficient (Wildman–Crippen LogP) is 4.26. The van der Waals surface area contributed by atoms with Crippen LogP contribution in [0.5, 0.6) is 0 Å². The van der Waals surface area contributed by atoms with E-state index in [2.05, 4.69) is 33.6 Å². The Bertz CT molecular complexity index is 673. The van der Waals surface area contributed by atoms with Crippen LogP contribution in [0.1, 0.15) is 0 Å². The number of halogens is 2. The van der Waals surface area contributed by atoms with Crippen LogP contribution >= 0.6 is 34.2 Å². The largest absolute Gasteiger partial charge is 0.306 e. The zero-order valence-electron chi connectivity index (χ0n) is 8.77. The Hall–Kier alpha value is -1.07. The van der Waals surface area contributed by atoms with Crippen molar-refractivity contribution in [2.24, 2.45) is 0 Å². The van der Waals surface area contributed by atoms with Gasteiger partial charge in [0.1, 0.15) is 0 Å². The summed E-state index contributed by atoms with van der Waals surface area (Å²) < 4.78 is 3.18. The van der Waals surface area contributed by atoms with Crippen molar-refractivity contribution < 1.29 is 0 Å². The van der Waals surface area contributed by atoms with E-state index in [0.29, 0.717) is 0 Å². The van der Waals surface area contributed by atoms with Crippen molar-refractivity contribution in [1.29, 1.82) is 0 Å². The van der Waals surface area contributed by atoms with Crippen LogP contribution in [0.4, 0.5) is 0 Å². The number of pyridine rings is 1. The molecule has 0 bridgehead atoms. The molecule has 0 saturated heterocycles. The van der Waals surface area contributed by atoms with Gasteiger partial charge >= 0.3 is 0 Å². The summed E-state index contributed by atoms with van der Waals surface area (Å²) in [6.07, 6.45) is 4.03. The van der Waals surface area contributed by atoms with Crippen LogP contribution < -0.4 is 0 Å². The van der Waals surface area contributed by atoms with Gasteiger partial charge in [-0.15, -0.1) is 0 Å². The number of rotatable bonds is 1. The minimum absolute atomic E-state index is 0.743. The summed E-state index contributed by atoms with van der Waals surface area (Å²) in [6.45, 7) is 0. The Balaban J connectivity index is 2.18. The van der Waals surface area contributed by atoms with Gasteiger partial charge in [-0.3, -0.25) is 0 Å². The van der Waals surface area contributed by atoms with Crippen LogP contribution in [0, 0.1) is 3.57 Å². The Morgan fingerprint density at radius 2 is 1.88 bits per heavy atom. The first-order valence-electron chi connectivity index (χ1n) is 5.13. The Labute approximate surface area is 117 Å². The Morgan fingerprint density at radius 3 is 2.59 bits per heavy atom. The first-order valence-corrected chi connectivity index (χ1v) is 6.59. The van der Waals surface area contributed by atoms with E-state index >= 15 is 0 Å². The second-order valence-corrected chi connectivity index (χ2v) is 5.32. The maximum atomic E-state index is 5.88. The molecular formula is C13H8ClIN2. The number of fused-ring (bicyclic) bond motifs is 1. The first-order chi connectivity index (χ1) is 8.24. The van der Waals surface area contributed by atoms with Crippen LogP contribution in [0.2, 0.25) is 5.02 Å². The van der Waals surface area contributed by atoms with Gasteiger partial charge in [0.05, 0.1) is 9.26 Å². The van der Waals surface area contributed by atoms with Crippen LogP contribution in [-0.2, 0) is 0 Å². The molecule has 0 N–H and O–H groups in total. The van der Waals surface area contributed by atoms with Crippen molar-refractivity contribution in [2.75, 3.05) is 0 Å². The first kappa shape index (κ1) is 11.0. The van der Waals surface area contributed by atoms with Crippen molar-refractivity contribution in [2.45, 2.75) is 0 Å². The quantitative estimate of drug-likeness (QED) is 0.597. The predicted molar refractivity (Wildman–Crippen MR) is 78.4 cm³/mol. The molecule has 0 spiro atoms. The van der Waals surface area contributed by atoms with Crippen LogP contribution in [0.3, 0.4) is 0 Å². The van der Waals surface area contributed by atoms with Gasteiger partial charge < -0.3 is 4.40 Å². The second kappa shape index (κ2) is 4.31. The summed E-state index contributed by atoms with van der Waals surface area (Å²) in [7, 11) is 0. The van der Waals surface area contributed by atoms with Gasteiger partial charge in [0.15, 0.2) is 5.65 Å². The molecule has 2 nitrogen and oxygen atoms in total. The average molecular weight is 355 g/mol. The van der Waals surface area contributed by atoms with Gasteiger partial charge in [0.25, 0.3) is 0 Å². The van der Waals surface area contributed by atoms with Gasteiger partial charge in [-0.1, -0.05) is 23.7 Å². The molecule has 84 valence electrons. The minimum Gasteiger partial charge on any atom is -0.306 e. The van der Waals surface area contributed by atoms with Crippen molar-refractivity contribution in [1.82, 2.24) is 9.38 Å². The molecule has 3 aromatic rings. The summed E-state index contributed by atoms with van der Waals surface area (Å²) in [5.74, 6) is 0. The molecule has 17 heavy (non-hydrogen) atoms. The monoisotopic (exact) mass is 354 g/mol. The van der Waals surface area contributed by atoms with E-state index in [4.69, 9.17) is 11.6 Å². The molecule has 0 aliphatic rings. The molecule has 3 rings (SSSR count). The minimum atomic E-state index is 0.743. The SMILES string of the molecule is Clc1ccc(-c2cn3cccc(I)c3n2)cc1. The lowest BCUT2D eigenvalue weighted by Gasteiger charge is -1.95. The number of benzene rings is 1. The van der Waals surface area contributed by atoms with Crippen LogP contribution in [0.25, 0.3) is 16.9 Å². The fraction of sp³-hybridized carbons (Fsp3) is 0. The molecule has 1 aromatic carbocycles. The Kier molecular flexibility index (Phi) is 2.80. The van der Waals surface area contributed by atoms with Crippen molar-refractivity contribution >= 4 is 39.8 Å². The fourth-order valence-corrected chi connectivity index (χ4v) is 2.47. The molecule has 0 unspecified atom stereocenters. The van der Waals surface area contributed by atoms with Crippen LogP contribution in [0.15, 0.2) is 48.8 Å². The zero-order chi connectivity index (χ0) is 11.8. The highest BCUT2D eigenvalue weighted by atomic mass is 127. The summed E-state index contributed by atoms with van der Waals surface area (Å²) in [5, 5.41) is 0.743. The highest BCUT2D eigenvalue weighted by molar-refractivity contribution is 14.1. The summed E-state index contributed by atoms with van der Waals surface area (Å²) in [5.41, 5.74) is 3.03. The number of aromatic nitrogens is 2. The summed E-state index contributed by atoms with van der Waals surface area (Å²) in [6, 6.07) is 11.8. The van der Waals surface area contributed by atoms with E-state index in [1.807, 2.05) is 47.1 Å². The molecule has 0 radical (unpaired) electrons. The average Bonchev–Trinajstić information content (AvgIpc) is 2.75. The zero-order valence-corrected chi connectivity index (χ0v) is 11.7. The number of nitrogens with zero attached hydrogens (tertiary/aromatic N) is 2. The van der Waals surface area contributed by atoms with Gasteiger partial charge in [0.2, 0.25) is 0 Å². The van der Waals surface area contributed by atoms with E-state index in [1.54, 1.807) is 0 Å². The lowest BCUT2D eigenvalue weighted by Crippen LogP contribution is -1.83. The molecule has 0 aliphatic carbocycles. The fourth-order valence-electron chi connectivity index (χ4n) is 1.74. The van der Waals surface area contributed by atoms with E-state index in [1.165, 1.54) is 0 Å². The number of hydrogen-bond acceptors (Lipinski definition) is 1. The van der Waals surface area contributed by atoms with E-state index in [-0.39, 0.29) is 0 Å². The number of hydrogen-bond donors (Lipinski definition) is 0. The lowest BCUT2D eigenvalue weighted by atomic mass is 10.2. The second-order valence-electron chi connectivity index (χ2n) is 3.72. The highest BCUT2D eigenvalue weighted by Crippen LogP contribution is 2.22. The van der Waals surface area contributed by atoms with Crippen molar-refractivity contribution in [3.63, 3.8) is 0 Å². The van der Waals surface area contributed by atoms with Gasteiger partial charge in [-0.2, -0.15) is 0 Å². The molecule has 4 heteroatoms.